The molecule has 19 heavy (non-hydrogen) atoms. The number of aryl methyl sites for hydroxylation is 4. The van der Waals surface area contributed by atoms with Gasteiger partial charge in [-0.15, -0.1) is 0 Å². The summed E-state index contributed by atoms with van der Waals surface area (Å²) >= 11 is 0. The largest absolute Gasteiger partial charge is 0.300 e. The highest BCUT2D eigenvalue weighted by molar-refractivity contribution is 5.78. The van der Waals surface area contributed by atoms with Gasteiger partial charge in [0.2, 0.25) is 0 Å². The molecule has 0 saturated heterocycles. The Morgan fingerprint density at radius 3 is 2.42 bits per heavy atom. The normalized spacial score (nSPS) is 10.6. The maximum atomic E-state index is 11.9. The van der Waals surface area contributed by atoms with Crippen LogP contribution in [0.3, 0.4) is 0 Å². The van der Waals surface area contributed by atoms with Gasteiger partial charge in [0, 0.05) is 31.8 Å². The lowest BCUT2D eigenvalue weighted by Crippen LogP contribution is -2.05. The molecular weight excluding hydrogens is 236 g/mol. The van der Waals surface area contributed by atoms with Gasteiger partial charge in [0.15, 0.2) is 0 Å². The van der Waals surface area contributed by atoms with Crippen molar-refractivity contribution in [2.24, 2.45) is 7.05 Å². The third-order valence-electron chi connectivity index (χ3n) is 3.40. The van der Waals surface area contributed by atoms with E-state index in [4.69, 9.17) is 0 Å². The highest BCUT2D eigenvalue weighted by Gasteiger charge is 2.05. The Bertz CT molecular complexity index is 540. The van der Waals surface area contributed by atoms with Gasteiger partial charge in [-0.2, -0.15) is 5.10 Å². The van der Waals surface area contributed by atoms with E-state index in [1.807, 2.05) is 17.8 Å². The van der Waals surface area contributed by atoms with Crippen LogP contribution in [0.2, 0.25) is 0 Å². The van der Waals surface area contributed by atoms with E-state index >= 15 is 0 Å². The van der Waals surface area contributed by atoms with Crippen LogP contribution >= 0.6 is 0 Å². The third kappa shape index (κ3) is 4.05. The van der Waals surface area contributed by atoms with Crippen LogP contribution < -0.4 is 0 Å². The first-order valence-electron chi connectivity index (χ1n) is 6.69. The molecule has 2 aromatic rings. The van der Waals surface area contributed by atoms with E-state index in [9.17, 15) is 4.79 Å². The summed E-state index contributed by atoms with van der Waals surface area (Å²) in [6.07, 6.45) is 4.62. The van der Waals surface area contributed by atoms with Crippen molar-refractivity contribution in [3.8, 4) is 0 Å². The van der Waals surface area contributed by atoms with Crippen LogP contribution in [0, 0.1) is 6.92 Å². The standard InChI is InChI=1S/C16H20N2O/c1-13-3-5-14(6-4-13)7-9-16(19)10-8-15-11-12-17-18(15)2/h3-6,11-12H,7-10H2,1-2H3. The molecule has 0 amide bonds. The lowest BCUT2D eigenvalue weighted by molar-refractivity contribution is -0.119. The van der Waals surface area contributed by atoms with Gasteiger partial charge in [-0.05, 0) is 31.4 Å². The fourth-order valence-electron chi connectivity index (χ4n) is 2.08. The third-order valence-corrected chi connectivity index (χ3v) is 3.40. The van der Waals surface area contributed by atoms with E-state index in [1.54, 1.807) is 6.20 Å². The molecule has 0 saturated carbocycles. The second-order valence-electron chi connectivity index (χ2n) is 4.97. The van der Waals surface area contributed by atoms with Crippen LogP contribution in [0.4, 0.5) is 0 Å². The molecule has 2 rings (SSSR count). The average molecular weight is 256 g/mol. The molecule has 0 aliphatic carbocycles. The average Bonchev–Trinajstić information content (AvgIpc) is 2.81. The number of hydrogen-bond donors (Lipinski definition) is 0. The molecule has 1 heterocycles. The maximum absolute atomic E-state index is 11.9. The molecule has 0 aliphatic rings. The summed E-state index contributed by atoms with van der Waals surface area (Å²) < 4.78 is 1.83. The first-order valence-corrected chi connectivity index (χ1v) is 6.69. The zero-order valence-electron chi connectivity index (χ0n) is 11.6. The van der Waals surface area contributed by atoms with Crippen LogP contribution in [0.1, 0.15) is 29.7 Å². The highest BCUT2D eigenvalue weighted by atomic mass is 16.1. The van der Waals surface area contributed by atoms with E-state index in [0.29, 0.717) is 18.6 Å². The number of ketones is 1. The first kappa shape index (κ1) is 13.5. The Labute approximate surface area is 114 Å². The van der Waals surface area contributed by atoms with Gasteiger partial charge in [0.05, 0.1) is 0 Å². The van der Waals surface area contributed by atoms with Crippen LogP contribution in [-0.4, -0.2) is 15.6 Å². The van der Waals surface area contributed by atoms with Crippen LogP contribution in [-0.2, 0) is 24.7 Å². The number of nitrogens with zero attached hydrogens (tertiary/aromatic N) is 2. The van der Waals surface area contributed by atoms with Crippen molar-refractivity contribution >= 4 is 5.78 Å². The molecule has 3 heteroatoms. The fourth-order valence-corrected chi connectivity index (χ4v) is 2.08. The smallest absolute Gasteiger partial charge is 0.133 e. The van der Waals surface area contributed by atoms with Crippen molar-refractivity contribution in [1.29, 1.82) is 0 Å². The number of rotatable bonds is 6. The lowest BCUT2D eigenvalue weighted by Gasteiger charge is -2.03. The zero-order valence-corrected chi connectivity index (χ0v) is 11.6. The summed E-state index contributed by atoms with van der Waals surface area (Å²) in [6, 6.07) is 10.4. The van der Waals surface area contributed by atoms with Gasteiger partial charge < -0.3 is 0 Å². The minimum atomic E-state index is 0.321. The van der Waals surface area contributed by atoms with Gasteiger partial charge in [-0.25, -0.2) is 0 Å². The monoisotopic (exact) mass is 256 g/mol. The van der Waals surface area contributed by atoms with Crippen LogP contribution in [0.25, 0.3) is 0 Å². The van der Waals surface area contributed by atoms with Crippen molar-refractivity contribution in [1.82, 2.24) is 9.78 Å². The van der Waals surface area contributed by atoms with Gasteiger partial charge >= 0.3 is 0 Å². The summed E-state index contributed by atoms with van der Waals surface area (Å²) in [5.74, 6) is 0.321. The second kappa shape index (κ2) is 6.32. The molecule has 0 aliphatic heterocycles. The van der Waals surface area contributed by atoms with Crippen LogP contribution in [0.15, 0.2) is 36.5 Å². The van der Waals surface area contributed by atoms with E-state index < -0.39 is 0 Å². The molecule has 0 bridgehead atoms. The molecule has 1 aromatic carbocycles. The molecular formula is C16H20N2O. The Balaban J connectivity index is 1.76. The van der Waals surface area contributed by atoms with Gasteiger partial charge in [0.1, 0.15) is 5.78 Å². The summed E-state index contributed by atoms with van der Waals surface area (Å²) in [5.41, 5.74) is 3.61. The Morgan fingerprint density at radius 2 is 1.79 bits per heavy atom. The number of benzene rings is 1. The predicted molar refractivity (Wildman–Crippen MR) is 76.0 cm³/mol. The second-order valence-corrected chi connectivity index (χ2v) is 4.97. The number of Topliss-reactive ketones (excluding diaryl/α,β-unsaturated/α-hetero) is 1. The predicted octanol–water partition coefficient (Wildman–Crippen LogP) is 2.86. The minimum absolute atomic E-state index is 0.321. The van der Waals surface area contributed by atoms with Crippen LogP contribution in [0.5, 0.6) is 0 Å². The molecule has 100 valence electrons. The molecule has 0 unspecified atom stereocenters. The van der Waals surface area contributed by atoms with E-state index in [2.05, 4.69) is 36.3 Å². The van der Waals surface area contributed by atoms with Crippen molar-refractivity contribution in [2.75, 3.05) is 0 Å². The summed E-state index contributed by atoms with van der Waals surface area (Å²) in [5, 5.41) is 4.10. The number of carbonyl (C=O) groups excluding carboxylic acids is 1. The molecule has 0 radical (unpaired) electrons. The minimum Gasteiger partial charge on any atom is -0.300 e. The highest BCUT2D eigenvalue weighted by Crippen LogP contribution is 2.08. The first-order chi connectivity index (χ1) is 9.15. The Kier molecular flexibility index (Phi) is 4.50. The topological polar surface area (TPSA) is 34.9 Å². The molecule has 0 spiro atoms. The van der Waals surface area contributed by atoms with Crippen molar-refractivity contribution in [3.05, 3.63) is 53.3 Å². The molecule has 0 N–H and O–H groups in total. The Hall–Kier alpha value is -1.90. The van der Waals surface area contributed by atoms with E-state index in [-0.39, 0.29) is 0 Å². The zero-order chi connectivity index (χ0) is 13.7. The van der Waals surface area contributed by atoms with Gasteiger partial charge in [-0.3, -0.25) is 9.48 Å². The maximum Gasteiger partial charge on any atom is 0.133 e. The molecule has 3 nitrogen and oxygen atoms in total. The Morgan fingerprint density at radius 1 is 1.11 bits per heavy atom. The van der Waals surface area contributed by atoms with Crippen molar-refractivity contribution < 1.29 is 4.79 Å². The van der Waals surface area contributed by atoms with E-state index in [0.717, 1.165) is 18.5 Å². The molecule has 0 atom stereocenters. The summed E-state index contributed by atoms with van der Waals surface area (Å²) in [4.78, 5) is 11.9. The SMILES string of the molecule is Cc1ccc(CCC(=O)CCc2ccnn2C)cc1. The quantitative estimate of drug-likeness (QED) is 0.796. The number of aromatic nitrogens is 2. The number of carbonyl (C=O) groups is 1. The molecule has 0 fully saturated rings. The summed E-state index contributed by atoms with van der Waals surface area (Å²) in [7, 11) is 1.91. The lowest BCUT2D eigenvalue weighted by atomic mass is 10.0. The number of hydrogen-bond acceptors (Lipinski definition) is 2. The van der Waals surface area contributed by atoms with E-state index in [1.165, 1.54) is 11.1 Å². The molecule has 1 aromatic heterocycles. The van der Waals surface area contributed by atoms with Gasteiger partial charge in [-0.1, -0.05) is 29.8 Å². The van der Waals surface area contributed by atoms with Crippen molar-refractivity contribution in [2.45, 2.75) is 32.6 Å². The van der Waals surface area contributed by atoms with Gasteiger partial charge in [0.25, 0.3) is 0 Å². The van der Waals surface area contributed by atoms with Crippen molar-refractivity contribution in [3.63, 3.8) is 0 Å². The summed E-state index contributed by atoms with van der Waals surface area (Å²) in [6.45, 7) is 2.07. The fraction of sp³-hybridized carbons (Fsp3) is 0.375.